The molecule has 2 aliphatic rings. The first-order chi connectivity index (χ1) is 16.0. The number of carbonyl (C=O) groups excluding carboxylic acids is 3. The maximum absolute atomic E-state index is 12.9. The average molecular weight is 449 g/mol. The molecule has 6 heteroatoms. The second-order valence-corrected chi connectivity index (χ2v) is 9.19. The van der Waals surface area contributed by atoms with Crippen molar-refractivity contribution in [3.63, 3.8) is 0 Å². The van der Waals surface area contributed by atoms with Crippen molar-refractivity contribution in [3.05, 3.63) is 65.7 Å². The Morgan fingerprint density at radius 2 is 1.82 bits per heavy atom. The maximum atomic E-state index is 12.9. The summed E-state index contributed by atoms with van der Waals surface area (Å²) in [6.07, 6.45) is 4.48. The topological polar surface area (TPSA) is 66.9 Å². The Morgan fingerprint density at radius 3 is 2.58 bits per heavy atom. The van der Waals surface area contributed by atoms with Gasteiger partial charge in [-0.25, -0.2) is 9.69 Å². The Kier molecular flexibility index (Phi) is 7.55. The number of hydrogen-bond acceptors (Lipinski definition) is 5. The molecule has 174 valence electrons. The molecule has 0 bridgehead atoms. The molecule has 2 amide bonds. The average Bonchev–Trinajstić information content (AvgIpc) is 3.09. The number of rotatable bonds is 8. The highest BCUT2D eigenvalue weighted by Crippen LogP contribution is 2.29. The summed E-state index contributed by atoms with van der Waals surface area (Å²) in [6, 6.07) is 17.2. The molecular formula is C27H32N2O4. The quantitative estimate of drug-likeness (QED) is 0.450. The monoisotopic (exact) mass is 448 g/mol. The van der Waals surface area contributed by atoms with Gasteiger partial charge < -0.3 is 9.64 Å². The van der Waals surface area contributed by atoms with E-state index in [0.717, 1.165) is 50.2 Å². The molecule has 2 atom stereocenters. The molecule has 0 aliphatic carbocycles. The lowest BCUT2D eigenvalue weighted by Gasteiger charge is -2.32. The molecule has 0 aromatic heterocycles. The van der Waals surface area contributed by atoms with Crippen molar-refractivity contribution in [2.45, 2.75) is 39.0 Å². The Morgan fingerprint density at radius 1 is 1.06 bits per heavy atom. The van der Waals surface area contributed by atoms with Gasteiger partial charge in [-0.15, -0.1) is 0 Å². The molecule has 0 N–H and O–H groups in total. The summed E-state index contributed by atoms with van der Waals surface area (Å²) >= 11 is 0. The molecule has 6 nitrogen and oxygen atoms in total. The summed E-state index contributed by atoms with van der Waals surface area (Å²) in [4.78, 5) is 41.3. The van der Waals surface area contributed by atoms with Gasteiger partial charge in [0.1, 0.15) is 0 Å². The van der Waals surface area contributed by atoms with Crippen molar-refractivity contribution in [3.8, 4) is 0 Å². The molecule has 2 saturated heterocycles. The fourth-order valence-corrected chi connectivity index (χ4v) is 4.79. The predicted molar refractivity (Wildman–Crippen MR) is 127 cm³/mol. The van der Waals surface area contributed by atoms with Crippen LogP contribution in [-0.4, -0.2) is 48.9 Å². The van der Waals surface area contributed by atoms with E-state index in [9.17, 15) is 14.4 Å². The molecule has 0 unspecified atom stereocenters. The van der Waals surface area contributed by atoms with Crippen molar-refractivity contribution in [2.75, 3.05) is 31.1 Å². The molecular weight excluding hydrogens is 416 g/mol. The lowest BCUT2D eigenvalue weighted by Crippen LogP contribution is -2.38. The van der Waals surface area contributed by atoms with Gasteiger partial charge in [-0.05, 0) is 56.5 Å². The summed E-state index contributed by atoms with van der Waals surface area (Å²) in [5.41, 5.74) is 1.96. The third-order valence-corrected chi connectivity index (χ3v) is 6.57. The number of ether oxygens (including phenoxy) is 1. The number of nitrogens with zero attached hydrogens (tertiary/aromatic N) is 2. The Bertz CT molecular complexity index is 991. The third kappa shape index (κ3) is 5.69. The van der Waals surface area contributed by atoms with Crippen LogP contribution in [0.5, 0.6) is 0 Å². The lowest BCUT2D eigenvalue weighted by molar-refractivity contribution is -0.122. The number of anilines is 1. The normalized spacial score (nSPS) is 21.4. The van der Waals surface area contributed by atoms with Crippen LogP contribution in [0.2, 0.25) is 0 Å². The van der Waals surface area contributed by atoms with E-state index in [1.54, 1.807) is 31.2 Å². The van der Waals surface area contributed by atoms with Crippen LogP contribution in [0, 0.1) is 11.8 Å². The molecule has 0 radical (unpaired) electrons. The van der Waals surface area contributed by atoms with E-state index >= 15 is 0 Å². The van der Waals surface area contributed by atoms with Crippen molar-refractivity contribution >= 4 is 23.5 Å². The maximum Gasteiger partial charge on any atom is 0.340 e. The van der Waals surface area contributed by atoms with Gasteiger partial charge in [-0.3, -0.25) is 9.59 Å². The fourth-order valence-electron chi connectivity index (χ4n) is 4.79. The fraction of sp³-hybridized carbons (Fsp3) is 0.444. The molecule has 2 aromatic rings. The minimum Gasteiger partial charge on any atom is -0.462 e. The van der Waals surface area contributed by atoms with E-state index in [2.05, 4.69) is 29.2 Å². The van der Waals surface area contributed by atoms with Crippen LogP contribution in [0.1, 0.15) is 48.5 Å². The molecule has 4 rings (SSSR count). The van der Waals surface area contributed by atoms with Crippen molar-refractivity contribution in [1.82, 2.24) is 4.90 Å². The second-order valence-electron chi connectivity index (χ2n) is 9.19. The van der Waals surface area contributed by atoms with Crippen LogP contribution in [0.15, 0.2) is 54.6 Å². The molecule has 2 aromatic carbocycles. The van der Waals surface area contributed by atoms with Crippen LogP contribution in [0.3, 0.4) is 0 Å². The second kappa shape index (κ2) is 10.8. The SMILES string of the molecule is C[C@@H]1CC(=O)N(c2ccccc2C(=O)OC[C@H]2CCCN(CCCc3ccccc3)C2)C1=O. The number of benzene rings is 2. The molecule has 33 heavy (non-hydrogen) atoms. The Hall–Kier alpha value is -2.99. The zero-order chi connectivity index (χ0) is 23.2. The van der Waals surface area contributed by atoms with Crippen LogP contribution < -0.4 is 4.90 Å². The van der Waals surface area contributed by atoms with Crippen molar-refractivity contribution in [2.24, 2.45) is 11.8 Å². The van der Waals surface area contributed by atoms with Gasteiger partial charge in [0.2, 0.25) is 11.8 Å². The molecule has 0 spiro atoms. The third-order valence-electron chi connectivity index (χ3n) is 6.57. The van der Waals surface area contributed by atoms with Crippen LogP contribution in [0.4, 0.5) is 5.69 Å². The number of esters is 1. The van der Waals surface area contributed by atoms with E-state index in [0.29, 0.717) is 18.2 Å². The molecule has 0 saturated carbocycles. The molecule has 2 fully saturated rings. The zero-order valence-corrected chi connectivity index (χ0v) is 19.2. The zero-order valence-electron chi connectivity index (χ0n) is 19.2. The van der Waals surface area contributed by atoms with Gasteiger partial charge in [0, 0.05) is 24.8 Å². The van der Waals surface area contributed by atoms with Gasteiger partial charge in [-0.1, -0.05) is 49.4 Å². The number of para-hydroxylation sites is 1. The number of hydrogen-bond donors (Lipinski definition) is 0. The predicted octanol–water partition coefficient (Wildman–Crippen LogP) is 4.09. The highest BCUT2D eigenvalue weighted by atomic mass is 16.5. The number of likely N-dealkylation sites (tertiary alicyclic amines) is 1. The number of carbonyl (C=O) groups is 3. The van der Waals surface area contributed by atoms with E-state index in [1.165, 1.54) is 5.56 Å². The summed E-state index contributed by atoms with van der Waals surface area (Å²) < 4.78 is 5.67. The number of aryl methyl sites for hydroxylation is 1. The van der Waals surface area contributed by atoms with Crippen molar-refractivity contribution < 1.29 is 19.1 Å². The van der Waals surface area contributed by atoms with Crippen LogP contribution in [0.25, 0.3) is 0 Å². The minimum absolute atomic E-state index is 0.171. The Balaban J connectivity index is 1.30. The summed E-state index contributed by atoms with van der Waals surface area (Å²) in [6.45, 7) is 5.12. The van der Waals surface area contributed by atoms with Crippen molar-refractivity contribution in [1.29, 1.82) is 0 Å². The van der Waals surface area contributed by atoms with E-state index < -0.39 is 5.97 Å². The summed E-state index contributed by atoms with van der Waals surface area (Å²) in [5.74, 6) is -1.09. The first-order valence-corrected chi connectivity index (χ1v) is 11.9. The van der Waals surface area contributed by atoms with E-state index in [1.807, 2.05) is 6.07 Å². The Labute approximate surface area is 195 Å². The molecule has 2 heterocycles. The van der Waals surface area contributed by atoms with Crippen LogP contribution >= 0.6 is 0 Å². The molecule has 2 aliphatic heterocycles. The van der Waals surface area contributed by atoms with Gasteiger partial charge >= 0.3 is 5.97 Å². The highest BCUT2D eigenvalue weighted by molar-refractivity contribution is 6.22. The number of piperidine rings is 1. The highest BCUT2D eigenvalue weighted by Gasteiger charge is 2.38. The van der Waals surface area contributed by atoms with Gasteiger partial charge in [0.05, 0.1) is 17.9 Å². The van der Waals surface area contributed by atoms with E-state index in [-0.39, 0.29) is 29.7 Å². The van der Waals surface area contributed by atoms with Gasteiger partial charge in [0.15, 0.2) is 0 Å². The largest absolute Gasteiger partial charge is 0.462 e. The number of amides is 2. The first kappa shape index (κ1) is 23.2. The smallest absolute Gasteiger partial charge is 0.340 e. The van der Waals surface area contributed by atoms with Crippen LogP contribution in [-0.2, 0) is 20.7 Å². The summed E-state index contributed by atoms with van der Waals surface area (Å²) in [7, 11) is 0. The minimum atomic E-state index is -0.480. The lowest BCUT2D eigenvalue weighted by atomic mass is 9.98. The summed E-state index contributed by atoms with van der Waals surface area (Å²) in [5, 5.41) is 0. The van der Waals surface area contributed by atoms with Gasteiger partial charge in [0.25, 0.3) is 0 Å². The van der Waals surface area contributed by atoms with E-state index in [4.69, 9.17) is 4.74 Å². The van der Waals surface area contributed by atoms with Gasteiger partial charge in [-0.2, -0.15) is 0 Å². The first-order valence-electron chi connectivity index (χ1n) is 11.9. The standard InChI is InChI=1S/C27H32N2O4/c1-20-17-25(30)29(26(20)31)24-14-6-5-13-23(24)27(32)33-19-22-12-8-16-28(18-22)15-7-11-21-9-3-2-4-10-21/h2-6,9-10,13-14,20,22H,7-8,11-12,15-19H2,1H3/t20-,22+/m1/s1. The number of imide groups is 1.